The van der Waals surface area contributed by atoms with E-state index in [1.165, 1.54) is 12.1 Å². The van der Waals surface area contributed by atoms with Gasteiger partial charge in [-0.05, 0) is 44.5 Å². The maximum atomic E-state index is 12.9. The number of benzene rings is 1. The Balaban J connectivity index is 1.93. The summed E-state index contributed by atoms with van der Waals surface area (Å²) in [6.45, 7) is 3.46. The molecule has 1 aromatic carbocycles. The second-order valence-corrected chi connectivity index (χ2v) is 8.49. The van der Waals surface area contributed by atoms with Crippen LogP contribution in [0.2, 0.25) is 0 Å². The highest BCUT2D eigenvalue weighted by atomic mass is 32.2. The molecule has 0 fully saturated rings. The van der Waals surface area contributed by atoms with Crippen molar-refractivity contribution in [3.05, 3.63) is 53.5 Å². The third-order valence-electron chi connectivity index (χ3n) is 4.52. The van der Waals surface area contributed by atoms with E-state index in [9.17, 15) is 27.4 Å². The van der Waals surface area contributed by atoms with Crippen molar-refractivity contribution in [2.24, 2.45) is 0 Å². The number of carbonyl (C=O) groups excluding carboxylic acids is 1. The summed E-state index contributed by atoms with van der Waals surface area (Å²) in [6, 6.07) is 7.01. The molecule has 166 valence electrons. The highest BCUT2D eigenvalue weighted by Gasteiger charge is 2.24. The maximum Gasteiger partial charge on any atom is 0.280 e. The van der Waals surface area contributed by atoms with Crippen LogP contribution < -0.4 is 5.32 Å². The Morgan fingerprint density at radius 1 is 1.35 bits per heavy atom. The molecule has 0 radical (unpaired) electrons. The number of aromatic nitrogens is 3. The smallest absolute Gasteiger partial charge is 0.280 e. The van der Waals surface area contributed by atoms with Gasteiger partial charge in [-0.15, -0.1) is 0 Å². The topological polar surface area (TPSA) is 120 Å². The van der Waals surface area contributed by atoms with E-state index >= 15 is 0 Å². The SMILES string of the molecule is CC(C)(O)c1cc2nn(CCCS(=O)[O-])cc2cc1NC(=O)c1cccc(C(F)F)n1. The van der Waals surface area contributed by atoms with E-state index in [4.69, 9.17) is 0 Å². The van der Waals surface area contributed by atoms with Crippen LogP contribution in [0.1, 0.15) is 48.4 Å². The summed E-state index contributed by atoms with van der Waals surface area (Å²) in [4.78, 5) is 16.3. The highest BCUT2D eigenvalue weighted by Crippen LogP contribution is 2.32. The summed E-state index contributed by atoms with van der Waals surface area (Å²) in [5, 5.41) is 18.2. The Kier molecular flexibility index (Phi) is 6.77. The van der Waals surface area contributed by atoms with Crippen molar-refractivity contribution in [1.29, 1.82) is 0 Å². The van der Waals surface area contributed by atoms with Crippen molar-refractivity contribution >= 4 is 33.6 Å². The Hall–Kier alpha value is -2.76. The van der Waals surface area contributed by atoms with Gasteiger partial charge in [-0.25, -0.2) is 13.8 Å². The number of anilines is 1. The molecule has 3 rings (SSSR count). The Morgan fingerprint density at radius 3 is 2.74 bits per heavy atom. The third-order valence-corrected chi connectivity index (χ3v) is 5.15. The van der Waals surface area contributed by atoms with E-state index < -0.39 is 34.7 Å². The average molecular weight is 451 g/mol. The average Bonchev–Trinajstić information content (AvgIpc) is 3.08. The van der Waals surface area contributed by atoms with Crippen LogP contribution in [0.25, 0.3) is 10.9 Å². The molecule has 0 spiro atoms. The molecule has 2 heterocycles. The highest BCUT2D eigenvalue weighted by molar-refractivity contribution is 7.79. The van der Waals surface area contributed by atoms with Gasteiger partial charge in [0.15, 0.2) is 0 Å². The number of aliphatic hydroxyl groups is 1. The van der Waals surface area contributed by atoms with Crippen LogP contribution in [0.5, 0.6) is 0 Å². The predicted octanol–water partition coefficient (Wildman–Crippen LogP) is 3.12. The van der Waals surface area contributed by atoms with Gasteiger partial charge >= 0.3 is 0 Å². The van der Waals surface area contributed by atoms with Gasteiger partial charge in [0.25, 0.3) is 12.3 Å². The number of pyridine rings is 1. The molecule has 0 saturated heterocycles. The zero-order chi connectivity index (χ0) is 22.8. The second-order valence-electron chi connectivity index (χ2n) is 7.47. The number of fused-ring (bicyclic) bond motifs is 1. The van der Waals surface area contributed by atoms with Gasteiger partial charge in [-0.1, -0.05) is 17.1 Å². The lowest BCUT2D eigenvalue weighted by Gasteiger charge is -2.22. The second kappa shape index (κ2) is 9.16. The molecular formula is C20H21F2N4O4S-. The van der Waals surface area contributed by atoms with E-state index in [1.54, 1.807) is 36.9 Å². The quantitative estimate of drug-likeness (QED) is 0.508. The Labute approximate surface area is 179 Å². The lowest BCUT2D eigenvalue weighted by atomic mass is 9.95. The fraction of sp³-hybridized carbons (Fsp3) is 0.350. The standard InChI is InChI=1S/C20H22F2N4O4S/c1-20(2,28)13-10-16-12(11-26(25-16)7-4-8-31(29)30)9-17(13)24-19(27)15-6-3-5-14(23-15)18(21)22/h3,5-6,9-11,18,28H,4,7-8H2,1-2H3,(H,24,27)(H,29,30)/p-1. The molecule has 0 aliphatic heterocycles. The lowest BCUT2D eigenvalue weighted by molar-refractivity contribution is 0.0793. The zero-order valence-electron chi connectivity index (χ0n) is 16.8. The lowest BCUT2D eigenvalue weighted by Crippen LogP contribution is -2.21. The van der Waals surface area contributed by atoms with Gasteiger partial charge in [0.2, 0.25) is 0 Å². The summed E-state index contributed by atoms with van der Waals surface area (Å²) in [6.07, 6.45) is -0.721. The summed E-state index contributed by atoms with van der Waals surface area (Å²) < 4.78 is 48.8. The molecule has 0 aliphatic carbocycles. The fourth-order valence-corrected chi connectivity index (χ4v) is 3.44. The van der Waals surface area contributed by atoms with Crippen molar-refractivity contribution in [1.82, 2.24) is 14.8 Å². The molecular weight excluding hydrogens is 430 g/mol. The molecule has 2 N–H and O–H groups in total. The van der Waals surface area contributed by atoms with Gasteiger partial charge in [-0.2, -0.15) is 5.10 Å². The molecule has 1 unspecified atom stereocenters. The van der Waals surface area contributed by atoms with Crippen molar-refractivity contribution < 1.29 is 27.4 Å². The van der Waals surface area contributed by atoms with Crippen LogP contribution in [0, 0.1) is 0 Å². The number of aryl methyl sites for hydroxylation is 1. The number of hydrogen-bond donors (Lipinski definition) is 2. The van der Waals surface area contributed by atoms with Gasteiger partial charge in [0.1, 0.15) is 11.4 Å². The van der Waals surface area contributed by atoms with Crippen LogP contribution in [0.4, 0.5) is 14.5 Å². The van der Waals surface area contributed by atoms with Crippen LogP contribution in [-0.2, 0) is 23.2 Å². The first-order valence-corrected chi connectivity index (χ1v) is 10.7. The van der Waals surface area contributed by atoms with E-state index in [0.717, 1.165) is 6.07 Å². The number of amides is 1. The Morgan fingerprint density at radius 2 is 2.10 bits per heavy atom. The minimum absolute atomic E-state index is 0.0110. The van der Waals surface area contributed by atoms with Gasteiger partial charge in [0.05, 0.1) is 11.1 Å². The molecule has 0 bridgehead atoms. The van der Waals surface area contributed by atoms with E-state index in [0.29, 0.717) is 29.4 Å². The molecule has 1 atom stereocenters. The van der Waals surface area contributed by atoms with Crippen molar-refractivity contribution in [3.63, 3.8) is 0 Å². The largest absolute Gasteiger partial charge is 0.772 e. The Bertz CT molecular complexity index is 1130. The first-order valence-electron chi connectivity index (χ1n) is 9.41. The first-order chi connectivity index (χ1) is 14.5. The van der Waals surface area contributed by atoms with Crippen LogP contribution >= 0.6 is 0 Å². The monoisotopic (exact) mass is 451 g/mol. The maximum absolute atomic E-state index is 12.9. The predicted molar refractivity (Wildman–Crippen MR) is 111 cm³/mol. The molecule has 1 amide bonds. The fourth-order valence-electron chi connectivity index (χ4n) is 3.08. The van der Waals surface area contributed by atoms with Crippen LogP contribution in [0.3, 0.4) is 0 Å². The van der Waals surface area contributed by atoms with Gasteiger partial charge < -0.3 is 15.0 Å². The molecule has 3 aromatic rings. The minimum Gasteiger partial charge on any atom is -0.772 e. The van der Waals surface area contributed by atoms with Crippen molar-refractivity contribution in [2.45, 2.75) is 38.8 Å². The summed E-state index contributed by atoms with van der Waals surface area (Å²) in [5.74, 6) is -0.686. The molecule has 8 nitrogen and oxygen atoms in total. The summed E-state index contributed by atoms with van der Waals surface area (Å²) in [7, 11) is 0. The zero-order valence-corrected chi connectivity index (χ0v) is 17.7. The molecule has 0 saturated carbocycles. The van der Waals surface area contributed by atoms with Gasteiger partial charge in [0, 0.05) is 35.1 Å². The third kappa shape index (κ3) is 5.69. The number of halogens is 2. The van der Waals surface area contributed by atoms with E-state index in [1.807, 2.05) is 0 Å². The number of alkyl halides is 2. The van der Waals surface area contributed by atoms with Crippen LogP contribution in [-0.4, -0.2) is 40.3 Å². The van der Waals surface area contributed by atoms with E-state index in [2.05, 4.69) is 15.4 Å². The molecule has 11 heteroatoms. The summed E-state index contributed by atoms with van der Waals surface area (Å²) in [5.41, 5.74) is -0.805. The van der Waals surface area contributed by atoms with Crippen molar-refractivity contribution in [2.75, 3.05) is 11.1 Å². The number of hydrogen-bond acceptors (Lipinski definition) is 6. The number of nitrogens with zero attached hydrogens (tertiary/aromatic N) is 3. The number of rotatable bonds is 8. The first kappa shape index (κ1) is 22.9. The molecule has 0 aliphatic rings. The summed E-state index contributed by atoms with van der Waals surface area (Å²) >= 11 is -2.13. The molecule has 2 aromatic heterocycles. The van der Waals surface area contributed by atoms with Crippen LogP contribution in [0.15, 0.2) is 36.5 Å². The van der Waals surface area contributed by atoms with Gasteiger partial charge in [-0.3, -0.25) is 13.7 Å². The van der Waals surface area contributed by atoms with Crippen molar-refractivity contribution in [3.8, 4) is 0 Å². The minimum atomic E-state index is -2.80. The number of carbonyl (C=O) groups is 1. The molecule has 31 heavy (non-hydrogen) atoms. The normalized spacial score (nSPS) is 13.0. The number of nitrogens with one attached hydrogen (secondary N) is 1. The van der Waals surface area contributed by atoms with E-state index in [-0.39, 0.29) is 17.1 Å².